The summed E-state index contributed by atoms with van der Waals surface area (Å²) in [6, 6.07) is 0. The van der Waals surface area contributed by atoms with Gasteiger partial charge in [0, 0.05) is 6.54 Å². The normalized spacial score (nSPS) is 11.4. The number of nitrogen functional groups attached to an aromatic ring is 1. The predicted octanol–water partition coefficient (Wildman–Crippen LogP) is 0.0267. The van der Waals surface area contributed by atoms with E-state index in [0.717, 1.165) is 0 Å². The third kappa shape index (κ3) is 3.99. The van der Waals surface area contributed by atoms with E-state index in [0.29, 0.717) is 18.9 Å². The van der Waals surface area contributed by atoms with Crippen molar-refractivity contribution in [3.05, 3.63) is 6.33 Å². The van der Waals surface area contributed by atoms with Gasteiger partial charge in [0.15, 0.2) is 0 Å². The summed E-state index contributed by atoms with van der Waals surface area (Å²) in [5, 5.41) is 12.4. The summed E-state index contributed by atoms with van der Waals surface area (Å²) in [4.78, 5) is 11.4. The largest absolute Gasteiger partial charge is 0.390 e. The summed E-state index contributed by atoms with van der Waals surface area (Å²) in [7, 11) is 0. The Labute approximate surface area is 82.6 Å². The number of nitrogens with zero attached hydrogens (tertiary/aromatic N) is 3. The number of rotatable bonds is 4. The third-order valence-electron chi connectivity index (χ3n) is 1.61. The van der Waals surface area contributed by atoms with Gasteiger partial charge in [0.05, 0.1) is 5.60 Å². The van der Waals surface area contributed by atoms with Crippen LogP contribution in [0.2, 0.25) is 0 Å². The minimum atomic E-state index is -0.689. The van der Waals surface area contributed by atoms with Crippen molar-refractivity contribution in [3.8, 4) is 0 Å². The first kappa shape index (κ1) is 10.6. The molecule has 0 saturated carbocycles. The number of aromatic nitrogens is 3. The number of anilines is 2. The van der Waals surface area contributed by atoms with Crippen LogP contribution < -0.4 is 11.1 Å². The van der Waals surface area contributed by atoms with Crippen molar-refractivity contribution in [2.75, 3.05) is 17.6 Å². The maximum Gasteiger partial charge on any atom is 0.227 e. The zero-order valence-corrected chi connectivity index (χ0v) is 8.36. The van der Waals surface area contributed by atoms with E-state index in [1.165, 1.54) is 6.33 Å². The molecule has 0 aliphatic heterocycles. The number of nitrogens with two attached hydrogens (primary N) is 1. The second-order valence-electron chi connectivity index (χ2n) is 3.66. The monoisotopic (exact) mass is 197 g/mol. The van der Waals surface area contributed by atoms with Crippen LogP contribution in [0.25, 0.3) is 0 Å². The lowest BCUT2D eigenvalue weighted by Gasteiger charge is -2.16. The fourth-order valence-corrected chi connectivity index (χ4v) is 0.874. The Balaban J connectivity index is 2.39. The minimum absolute atomic E-state index is 0.186. The zero-order chi connectivity index (χ0) is 10.6. The molecule has 1 rings (SSSR count). The molecule has 0 saturated heterocycles. The topological polar surface area (TPSA) is 97.0 Å². The van der Waals surface area contributed by atoms with Crippen LogP contribution in [0.1, 0.15) is 20.3 Å². The Morgan fingerprint density at radius 1 is 1.50 bits per heavy atom. The SMILES string of the molecule is CC(C)(O)CCNc1ncnc(N)n1. The fourth-order valence-electron chi connectivity index (χ4n) is 0.874. The van der Waals surface area contributed by atoms with Crippen molar-refractivity contribution in [1.29, 1.82) is 0 Å². The van der Waals surface area contributed by atoms with Crippen LogP contribution in [0.15, 0.2) is 6.33 Å². The van der Waals surface area contributed by atoms with Crippen molar-refractivity contribution < 1.29 is 5.11 Å². The summed E-state index contributed by atoms with van der Waals surface area (Å²) in [6.07, 6.45) is 1.95. The molecule has 6 heteroatoms. The lowest BCUT2D eigenvalue weighted by atomic mass is 10.1. The molecule has 0 atom stereocenters. The molecule has 0 aromatic carbocycles. The van der Waals surface area contributed by atoms with Gasteiger partial charge in [-0.05, 0) is 20.3 Å². The van der Waals surface area contributed by atoms with Crippen LogP contribution in [0, 0.1) is 0 Å². The smallest absolute Gasteiger partial charge is 0.227 e. The predicted molar refractivity (Wildman–Crippen MR) is 53.6 cm³/mol. The van der Waals surface area contributed by atoms with Gasteiger partial charge in [-0.2, -0.15) is 4.98 Å². The maximum absolute atomic E-state index is 9.43. The average Bonchev–Trinajstić information content (AvgIpc) is 2.01. The third-order valence-corrected chi connectivity index (χ3v) is 1.61. The van der Waals surface area contributed by atoms with E-state index < -0.39 is 5.60 Å². The standard InChI is InChI=1S/C8H15N5O/c1-8(2,14)3-4-10-7-12-5-11-6(9)13-7/h5,14H,3-4H2,1-2H3,(H3,9,10,11,12,13). The Bertz CT molecular complexity index is 296. The second-order valence-corrected chi connectivity index (χ2v) is 3.66. The summed E-state index contributed by atoms with van der Waals surface area (Å²) in [5.41, 5.74) is 4.68. The molecule has 0 spiro atoms. The van der Waals surface area contributed by atoms with Gasteiger partial charge in [-0.25, -0.2) is 9.97 Å². The molecule has 0 bridgehead atoms. The Kier molecular flexibility index (Phi) is 3.19. The molecule has 0 amide bonds. The summed E-state index contributed by atoms with van der Waals surface area (Å²) in [5.74, 6) is 0.618. The van der Waals surface area contributed by atoms with Gasteiger partial charge in [-0.1, -0.05) is 0 Å². The molecule has 4 N–H and O–H groups in total. The average molecular weight is 197 g/mol. The van der Waals surface area contributed by atoms with E-state index in [1.54, 1.807) is 13.8 Å². The number of hydrogen-bond donors (Lipinski definition) is 3. The van der Waals surface area contributed by atoms with E-state index in [1.807, 2.05) is 0 Å². The molecule has 1 heterocycles. The summed E-state index contributed by atoms with van der Waals surface area (Å²) < 4.78 is 0. The van der Waals surface area contributed by atoms with Gasteiger partial charge < -0.3 is 16.2 Å². The highest BCUT2D eigenvalue weighted by molar-refractivity contribution is 5.28. The van der Waals surface area contributed by atoms with E-state index >= 15 is 0 Å². The first-order valence-corrected chi connectivity index (χ1v) is 4.38. The number of hydrogen-bond acceptors (Lipinski definition) is 6. The molecule has 1 aromatic rings. The Morgan fingerprint density at radius 3 is 2.79 bits per heavy atom. The van der Waals surface area contributed by atoms with Crippen molar-refractivity contribution in [2.24, 2.45) is 0 Å². The molecule has 1 aromatic heterocycles. The summed E-state index contributed by atoms with van der Waals surface area (Å²) in [6.45, 7) is 4.08. The van der Waals surface area contributed by atoms with E-state index in [4.69, 9.17) is 5.73 Å². The molecule has 0 aliphatic rings. The highest BCUT2D eigenvalue weighted by Gasteiger charge is 2.11. The van der Waals surface area contributed by atoms with Gasteiger partial charge in [-0.15, -0.1) is 0 Å². The Hall–Kier alpha value is -1.43. The van der Waals surface area contributed by atoms with Gasteiger partial charge in [0.2, 0.25) is 11.9 Å². The lowest BCUT2D eigenvalue weighted by Crippen LogP contribution is -2.23. The minimum Gasteiger partial charge on any atom is -0.390 e. The molecule has 0 radical (unpaired) electrons. The Morgan fingerprint density at radius 2 is 2.21 bits per heavy atom. The second kappa shape index (κ2) is 4.19. The highest BCUT2D eigenvalue weighted by Crippen LogP contribution is 2.07. The highest BCUT2D eigenvalue weighted by atomic mass is 16.3. The summed E-state index contributed by atoms with van der Waals surface area (Å²) >= 11 is 0. The molecule has 14 heavy (non-hydrogen) atoms. The molecular weight excluding hydrogens is 182 g/mol. The van der Waals surface area contributed by atoms with Crippen LogP contribution in [0.5, 0.6) is 0 Å². The van der Waals surface area contributed by atoms with Gasteiger partial charge in [0.25, 0.3) is 0 Å². The first-order chi connectivity index (χ1) is 6.47. The number of nitrogens with one attached hydrogen (secondary N) is 1. The molecule has 0 fully saturated rings. The van der Waals surface area contributed by atoms with Crippen LogP contribution in [-0.4, -0.2) is 32.2 Å². The van der Waals surface area contributed by atoms with Crippen molar-refractivity contribution in [2.45, 2.75) is 25.9 Å². The lowest BCUT2D eigenvalue weighted by molar-refractivity contribution is 0.0748. The molecule has 0 unspecified atom stereocenters. The van der Waals surface area contributed by atoms with Crippen LogP contribution in [0.4, 0.5) is 11.9 Å². The van der Waals surface area contributed by atoms with Crippen LogP contribution in [-0.2, 0) is 0 Å². The first-order valence-electron chi connectivity index (χ1n) is 4.38. The van der Waals surface area contributed by atoms with Crippen LogP contribution in [0.3, 0.4) is 0 Å². The zero-order valence-electron chi connectivity index (χ0n) is 8.36. The van der Waals surface area contributed by atoms with Crippen LogP contribution >= 0.6 is 0 Å². The number of aliphatic hydroxyl groups is 1. The fraction of sp³-hybridized carbons (Fsp3) is 0.625. The quantitative estimate of drug-likeness (QED) is 0.630. The maximum atomic E-state index is 9.43. The van der Waals surface area contributed by atoms with Gasteiger partial charge in [0.1, 0.15) is 6.33 Å². The van der Waals surface area contributed by atoms with Gasteiger partial charge >= 0.3 is 0 Å². The van der Waals surface area contributed by atoms with E-state index in [9.17, 15) is 5.11 Å². The molecule has 78 valence electrons. The van der Waals surface area contributed by atoms with E-state index in [2.05, 4.69) is 20.3 Å². The molecular formula is C8H15N5O. The van der Waals surface area contributed by atoms with Crippen molar-refractivity contribution in [1.82, 2.24) is 15.0 Å². The van der Waals surface area contributed by atoms with E-state index in [-0.39, 0.29) is 5.95 Å². The van der Waals surface area contributed by atoms with Crippen molar-refractivity contribution >= 4 is 11.9 Å². The van der Waals surface area contributed by atoms with Crippen molar-refractivity contribution in [3.63, 3.8) is 0 Å². The molecule has 6 nitrogen and oxygen atoms in total. The van der Waals surface area contributed by atoms with Gasteiger partial charge in [-0.3, -0.25) is 0 Å². The molecule has 0 aliphatic carbocycles.